The Hall–Kier alpha value is -4.59. The number of imide groups is 1. The molecule has 8 nitrogen and oxygen atoms in total. The lowest BCUT2D eigenvalue weighted by Gasteiger charge is -2.20. The summed E-state index contributed by atoms with van der Waals surface area (Å²) in [7, 11) is 0. The van der Waals surface area contributed by atoms with Gasteiger partial charge in [0.15, 0.2) is 5.78 Å². The number of ketones is 1. The number of hydrogen-bond acceptors (Lipinski definition) is 6. The number of pyridine rings is 1. The number of Topliss-reactive ketones (excluding diaryl/α,β-unsaturated/α-hetero) is 1. The van der Waals surface area contributed by atoms with Gasteiger partial charge in [0.05, 0.1) is 39.9 Å². The number of anilines is 1. The number of carbonyl (C=O) groups is 4. The Bertz CT molecular complexity index is 1620. The van der Waals surface area contributed by atoms with E-state index in [0.717, 1.165) is 6.42 Å². The second-order valence-electron chi connectivity index (χ2n) is 9.84. The van der Waals surface area contributed by atoms with Gasteiger partial charge in [-0.05, 0) is 48.6 Å². The molecule has 6 rings (SSSR count). The Morgan fingerprint density at radius 2 is 1.81 bits per heavy atom. The van der Waals surface area contributed by atoms with Gasteiger partial charge in [-0.2, -0.15) is 0 Å². The second-order valence-corrected chi connectivity index (χ2v) is 9.84. The summed E-state index contributed by atoms with van der Waals surface area (Å²) in [6.45, 7) is 5.84. The number of carboxylic acid groups (broad SMARTS) is 1. The summed E-state index contributed by atoms with van der Waals surface area (Å²) in [6.07, 6.45) is 2.49. The highest BCUT2D eigenvalue weighted by molar-refractivity contribution is 6.39. The van der Waals surface area contributed by atoms with Gasteiger partial charge in [-0.3, -0.25) is 14.4 Å². The van der Waals surface area contributed by atoms with Gasteiger partial charge in [-0.1, -0.05) is 31.2 Å². The minimum Gasteiger partial charge on any atom is -0.506 e. The Balaban J connectivity index is 1.47. The van der Waals surface area contributed by atoms with E-state index in [1.807, 2.05) is 6.92 Å². The van der Waals surface area contributed by atoms with Crippen LogP contribution < -0.4 is 4.90 Å². The minimum atomic E-state index is -1.18. The van der Waals surface area contributed by atoms with Crippen molar-refractivity contribution >= 4 is 51.5 Å². The number of allylic oxidation sites excluding steroid dienone is 2. The summed E-state index contributed by atoms with van der Waals surface area (Å²) < 4.78 is 0. The summed E-state index contributed by atoms with van der Waals surface area (Å²) in [5.41, 5.74) is 1.01. The summed E-state index contributed by atoms with van der Waals surface area (Å²) in [4.78, 5) is 57.4. The van der Waals surface area contributed by atoms with Crippen LogP contribution in [-0.2, 0) is 9.59 Å². The number of carboxylic acids is 1. The molecule has 8 heteroatoms. The zero-order chi connectivity index (χ0) is 26.2. The number of amides is 2. The number of fused-ring (bicyclic) bond motifs is 3. The Kier molecular flexibility index (Phi) is 4.91. The number of aromatic nitrogens is 1. The fourth-order valence-corrected chi connectivity index (χ4v) is 6.10. The van der Waals surface area contributed by atoms with Crippen LogP contribution in [0.5, 0.6) is 0 Å². The average molecular weight is 495 g/mol. The van der Waals surface area contributed by atoms with Crippen LogP contribution in [0.2, 0.25) is 0 Å². The minimum absolute atomic E-state index is 0.0420. The molecule has 2 amide bonds. The molecule has 0 spiro atoms. The maximum absolute atomic E-state index is 13.5. The first-order valence-corrected chi connectivity index (χ1v) is 12.0. The Morgan fingerprint density at radius 1 is 1.05 bits per heavy atom. The number of hydrogen-bond donors (Lipinski definition) is 2. The molecular formula is C29H22N2O6. The molecule has 37 heavy (non-hydrogen) atoms. The van der Waals surface area contributed by atoms with Crippen molar-refractivity contribution < 1.29 is 29.4 Å². The summed E-state index contributed by atoms with van der Waals surface area (Å²) in [5.74, 6) is -3.49. The first kappa shape index (κ1) is 22.8. The number of aromatic carboxylic acids is 1. The SMILES string of the molecule is C=CC1CC(C)C2C(=O)N(c3cccc4ccc(C5=C(O)c6cc(C(=O)O)ccc6C5=O)nc34)C(=O)C12. The number of nitrogens with zero attached hydrogens (tertiary/aromatic N) is 2. The van der Waals surface area contributed by atoms with Crippen LogP contribution in [0.3, 0.4) is 0 Å². The normalized spacial score (nSPS) is 24.7. The van der Waals surface area contributed by atoms with Crippen LogP contribution in [0.25, 0.3) is 22.2 Å². The smallest absolute Gasteiger partial charge is 0.335 e. The molecule has 1 saturated carbocycles. The van der Waals surface area contributed by atoms with Gasteiger partial charge in [0.25, 0.3) is 0 Å². The zero-order valence-electron chi connectivity index (χ0n) is 19.8. The second kappa shape index (κ2) is 7.96. The predicted molar refractivity (Wildman–Crippen MR) is 136 cm³/mol. The third-order valence-electron chi connectivity index (χ3n) is 7.85. The van der Waals surface area contributed by atoms with E-state index in [4.69, 9.17) is 0 Å². The van der Waals surface area contributed by atoms with Crippen LogP contribution >= 0.6 is 0 Å². The van der Waals surface area contributed by atoms with Crippen LogP contribution in [0.1, 0.15) is 45.3 Å². The molecule has 1 aromatic heterocycles. The molecule has 2 heterocycles. The van der Waals surface area contributed by atoms with Gasteiger partial charge in [0, 0.05) is 16.5 Å². The first-order chi connectivity index (χ1) is 17.7. The van der Waals surface area contributed by atoms with E-state index in [1.54, 1.807) is 36.4 Å². The molecule has 0 radical (unpaired) electrons. The van der Waals surface area contributed by atoms with Crippen molar-refractivity contribution in [2.45, 2.75) is 13.3 Å². The number of carbonyl (C=O) groups excluding carboxylic acids is 3. The molecule has 1 saturated heterocycles. The topological polar surface area (TPSA) is 125 Å². The van der Waals surface area contributed by atoms with E-state index < -0.39 is 23.6 Å². The number of para-hydroxylation sites is 1. The van der Waals surface area contributed by atoms with Crippen LogP contribution in [0.15, 0.2) is 61.2 Å². The number of rotatable bonds is 4. The van der Waals surface area contributed by atoms with Crippen LogP contribution in [-0.4, -0.2) is 38.8 Å². The molecule has 2 fully saturated rings. The van der Waals surface area contributed by atoms with Crippen LogP contribution in [0, 0.1) is 23.7 Å². The van der Waals surface area contributed by atoms with Crippen molar-refractivity contribution in [1.82, 2.24) is 4.98 Å². The monoisotopic (exact) mass is 494 g/mol. The molecule has 3 aromatic rings. The van der Waals surface area contributed by atoms with Crippen LogP contribution in [0.4, 0.5) is 5.69 Å². The van der Waals surface area contributed by atoms with Crippen molar-refractivity contribution in [3.8, 4) is 0 Å². The maximum Gasteiger partial charge on any atom is 0.335 e. The molecule has 2 aliphatic carbocycles. The van der Waals surface area contributed by atoms with Gasteiger partial charge >= 0.3 is 5.97 Å². The zero-order valence-corrected chi connectivity index (χ0v) is 19.8. The third kappa shape index (κ3) is 3.11. The van der Waals surface area contributed by atoms with Gasteiger partial charge < -0.3 is 10.2 Å². The molecule has 0 bridgehead atoms. The fraction of sp³-hybridized carbons (Fsp3) is 0.207. The van der Waals surface area contributed by atoms with Gasteiger partial charge in [0.1, 0.15) is 5.76 Å². The van der Waals surface area contributed by atoms with Gasteiger partial charge in [0.2, 0.25) is 11.8 Å². The summed E-state index contributed by atoms with van der Waals surface area (Å²) in [5, 5.41) is 20.9. The molecular weight excluding hydrogens is 472 g/mol. The maximum atomic E-state index is 13.5. The number of benzene rings is 2. The van der Waals surface area contributed by atoms with Crippen molar-refractivity contribution in [1.29, 1.82) is 0 Å². The standard InChI is InChI=1S/C29H22N2O6/c1-3-14-11-13(2)21-22(14)28(35)31(27(21)34)20-6-4-5-15-8-10-19(30-24(15)20)23-25(32)17-9-7-16(29(36)37)12-18(17)26(23)33/h3-10,12-14,21-22,33H,1,11H2,2H3,(H,36,37). The highest BCUT2D eigenvalue weighted by Crippen LogP contribution is 2.49. The molecule has 184 valence electrons. The number of aliphatic hydroxyl groups excluding tert-OH is 1. The summed E-state index contributed by atoms with van der Waals surface area (Å²) >= 11 is 0. The lowest BCUT2D eigenvalue weighted by atomic mass is 9.90. The van der Waals surface area contributed by atoms with E-state index >= 15 is 0 Å². The Morgan fingerprint density at radius 3 is 2.54 bits per heavy atom. The van der Waals surface area contributed by atoms with E-state index in [2.05, 4.69) is 11.6 Å². The molecule has 3 aliphatic rings. The predicted octanol–water partition coefficient (Wildman–Crippen LogP) is 4.50. The first-order valence-electron chi connectivity index (χ1n) is 12.0. The Labute approximate surface area is 211 Å². The van der Waals surface area contributed by atoms with Gasteiger partial charge in [-0.15, -0.1) is 6.58 Å². The van der Waals surface area contributed by atoms with Crippen molar-refractivity contribution in [2.75, 3.05) is 4.90 Å². The molecule has 1 aliphatic heterocycles. The highest BCUT2D eigenvalue weighted by Gasteiger charge is 2.57. The highest BCUT2D eigenvalue weighted by atomic mass is 16.4. The molecule has 4 unspecified atom stereocenters. The quantitative estimate of drug-likeness (QED) is 0.404. The van der Waals surface area contributed by atoms with E-state index in [9.17, 15) is 29.4 Å². The molecule has 4 atom stereocenters. The van der Waals surface area contributed by atoms with Gasteiger partial charge in [-0.25, -0.2) is 14.7 Å². The molecule has 2 aromatic carbocycles. The molecule has 2 N–H and O–H groups in total. The van der Waals surface area contributed by atoms with Crippen molar-refractivity contribution in [3.63, 3.8) is 0 Å². The van der Waals surface area contributed by atoms with E-state index in [-0.39, 0.29) is 57.4 Å². The van der Waals surface area contributed by atoms with E-state index in [0.29, 0.717) is 16.6 Å². The van der Waals surface area contributed by atoms with E-state index in [1.165, 1.54) is 23.1 Å². The average Bonchev–Trinajstić information content (AvgIpc) is 3.46. The summed E-state index contributed by atoms with van der Waals surface area (Å²) in [6, 6.07) is 12.4. The van der Waals surface area contributed by atoms with Crippen molar-refractivity contribution in [2.24, 2.45) is 23.7 Å². The van der Waals surface area contributed by atoms with Crippen molar-refractivity contribution in [3.05, 3.63) is 83.6 Å². The number of aliphatic hydroxyl groups is 1. The lowest BCUT2D eigenvalue weighted by Crippen LogP contribution is -2.33. The third-order valence-corrected chi connectivity index (χ3v) is 7.85. The fourth-order valence-electron chi connectivity index (χ4n) is 6.10. The largest absolute Gasteiger partial charge is 0.506 e. The lowest BCUT2D eigenvalue weighted by molar-refractivity contribution is -0.123.